The maximum absolute atomic E-state index is 12.5. The monoisotopic (exact) mass is 277 g/mol. The Morgan fingerprint density at radius 3 is 1.89 bits per heavy atom. The van der Waals surface area contributed by atoms with Crippen molar-refractivity contribution in [3.63, 3.8) is 0 Å². The lowest BCUT2D eigenvalue weighted by Gasteiger charge is -2.33. The largest absolute Gasteiger partial charge is 0.464 e. The summed E-state index contributed by atoms with van der Waals surface area (Å²) < 4.78 is 79.2. The number of ether oxygens (including phenoxy) is 1. The van der Waals surface area contributed by atoms with Gasteiger partial charge in [0.1, 0.15) is 6.61 Å². The summed E-state index contributed by atoms with van der Waals surface area (Å²) in [6, 6.07) is 1.43. The lowest BCUT2D eigenvalue weighted by atomic mass is 9.83. The zero-order chi connectivity index (χ0) is 14.6. The molecule has 0 atom stereocenters. The molecule has 0 radical (unpaired) electrons. The highest BCUT2D eigenvalue weighted by atomic mass is 19.4. The molecule has 0 aliphatic carbocycles. The first-order chi connectivity index (χ1) is 8.04. The molecule has 0 spiro atoms. The molecule has 9 heteroatoms. The maximum atomic E-state index is 12.5. The Morgan fingerprint density at radius 2 is 1.61 bits per heavy atom. The van der Waals surface area contributed by atoms with E-state index in [2.05, 4.69) is 4.74 Å². The van der Waals surface area contributed by atoms with Crippen LogP contribution in [-0.4, -0.2) is 24.9 Å². The van der Waals surface area contributed by atoms with Crippen LogP contribution in [0, 0.1) is 16.7 Å². The van der Waals surface area contributed by atoms with Crippen molar-refractivity contribution in [1.29, 1.82) is 5.26 Å². The summed E-state index contributed by atoms with van der Waals surface area (Å²) in [7, 11) is 0. The predicted octanol–water partition coefficient (Wildman–Crippen LogP) is 2.96. The van der Waals surface area contributed by atoms with Crippen molar-refractivity contribution >= 4 is 5.97 Å². The van der Waals surface area contributed by atoms with Crippen LogP contribution in [0.4, 0.5) is 26.3 Å². The zero-order valence-corrected chi connectivity index (χ0v) is 9.15. The van der Waals surface area contributed by atoms with Crippen LogP contribution in [0.3, 0.4) is 0 Å². The van der Waals surface area contributed by atoms with E-state index in [1.807, 2.05) is 0 Å². The van der Waals surface area contributed by atoms with Gasteiger partial charge < -0.3 is 4.74 Å². The average Bonchev–Trinajstić information content (AvgIpc) is 2.15. The highest BCUT2D eigenvalue weighted by Crippen LogP contribution is 2.53. The summed E-state index contributed by atoms with van der Waals surface area (Å²) in [4.78, 5) is 11.1. The lowest BCUT2D eigenvalue weighted by molar-refractivity contribution is -0.333. The van der Waals surface area contributed by atoms with E-state index in [4.69, 9.17) is 5.26 Å². The minimum absolute atomic E-state index is 0.485. The molecule has 0 aliphatic rings. The first-order valence-corrected chi connectivity index (χ1v) is 4.72. The predicted molar refractivity (Wildman–Crippen MR) is 46.0 cm³/mol. The van der Waals surface area contributed by atoms with Crippen molar-refractivity contribution in [2.24, 2.45) is 5.41 Å². The molecule has 0 aromatic heterocycles. The second-order valence-corrected chi connectivity index (χ2v) is 3.30. The SMILES string of the molecule is CCC(C(=O)OCCC#N)(C(F)(F)F)C(F)(F)F. The number of rotatable bonds is 4. The molecule has 0 fully saturated rings. The van der Waals surface area contributed by atoms with E-state index in [-0.39, 0.29) is 0 Å². The lowest BCUT2D eigenvalue weighted by Crippen LogP contribution is -2.56. The number of carbonyl (C=O) groups is 1. The molecule has 0 bridgehead atoms. The van der Waals surface area contributed by atoms with Gasteiger partial charge in [0, 0.05) is 0 Å². The fraction of sp³-hybridized carbons (Fsp3) is 0.778. The van der Waals surface area contributed by atoms with Gasteiger partial charge in [-0.3, -0.25) is 4.79 Å². The van der Waals surface area contributed by atoms with Crippen LogP contribution in [0.1, 0.15) is 19.8 Å². The molecule has 0 saturated heterocycles. The number of hydrogen-bond acceptors (Lipinski definition) is 3. The first-order valence-electron chi connectivity index (χ1n) is 4.72. The molecule has 0 aliphatic heterocycles. The van der Waals surface area contributed by atoms with Crippen LogP contribution in [0.25, 0.3) is 0 Å². The van der Waals surface area contributed by atoms with Gasteiger partial charge in [-0.1, -0.05) is 6.92 Å². The molecule has 3 nitrogen and oxygen atoms in total. The summed E-state index contributed by atoms with van der Waals surface area (Å²) >= 11 is 0. The standard InChI is InChI=1S/C9H9F6NO2/c1-2-7(8(10,11)12,9(13,14)15)6(17)18-5-3-4-16/h2-3,5H2,1H3. The van der Waals surface area contributed by atoms with Crippen molar-refractivity contribution in [3.8, 4) is 6.07 Å². The van der Waals surface area contributed by atoms with Gasteiger partial charge in [0.15, 0.2) is 0 Å². The smallest absolute Gasteiger partial charge is 0.413 e. The molecule has 0 unspecified atom stereocenters. The summed E-state index contributed by atoms with van der Waals surface area (Å²) in [6.45, 7) is -0.226. The summed E-state index contributed by atoms with van der Waals surface area (Å²) in [5, 5.41) is 8.07. The van der Waals surface area contributed by atoms with Crippen LogP contribution in [0.5, 0.6) is 0 Å². The zero-order valence-electron chi connectivity index (χ0n) is 9.15. The minimum atomic E-state index is -5.82. The van der Waals surface area contributed by atoms with E-state index in [1.54, 1.807) is 0 Å². The van der Waals surface area contributed by atoms with Crippen molar-refractivity contribution in [1.82, 2.24) is 0 Å². The van der Waals surface area contributed by atoms with Crippen molar-refractivity contribution in [2.45, 2.75) is 32.1 Å². The molecule has 104 valence electrons. The Morgan fingerprint density at radius 1 is 1.17 bits per heavy atom. The summed E-state index contributed by atoms with van der Waals surface area (Å²) in [5.41, 5.74) is -4.55. The Hall–Kier alpha value is -1.46. The van der Waals surface area contributed by atoms with E-state index in [0.29, 0.717) is 6.92 Å². The molecule has 0 aromatic rings. The Balaban J connectivity index is 5.36. The fourth-order valence-electron chi connectivity index (χ4n) is 1.25. The van der Waals surface area contributed by atoms with Gasteiger partial charge in [-0.15, -0.1) is 0 Å². The van der Waals surface area contributed by atoms with Crippen molar-refractivity contribution in [3.05, 3.63) is 0 Å². The van der Waals surface area contributed by atoms with Gasteiger partial charge >= 0.3 is 18.3 Å². The van der Waals surface area contributed by atoms with E-state index in [0.717, 1.165) is 0 Å². The molecule has 0 rings (SSSR count). The first kappa shape index (κ1) is 16.5. The van der Waals surface area contributed by atoms with Gasteiger partial charge in [-0.05, 0) is 6.42 Å². The third kappa shape index (κ3) is 2.86. The molecule has 0 saturated carbocycles. The van der Waals surface area contributed by atoms with E-state index in [1.165, 1.54) is 6.07 Å². The highest BCUT2D eigenvalue weighted by molar-refractivity contribution is 5.79. The van der Waals surface area contributed by atoms with Crippen molar-refractivity contribution < 1.29 is 35.9 Å². The normalized spacial score (nSPS) is 13.0. The Bertz CT molecular complexity index is 326. The quantitative estimate of drug-likeness (QED) is 0.451. The van der Waals surface area contributed by atoms with Crippen LogP contribution in [-0.2, 0) is 9.53 Å². The number of alkyl halides is 6. The molecule has 0 amide bonds. The minimum Gasteiger partial charge on any atom is -0.464 e. The van der Waals surface area contributed by atoms with Crippen molar-refractivity contribution in [2.75, 3.05) is 6.61 Å². The van der Waals surface area contributed by atoms with Gasteiger partial charge in [-0.2, -0.15) is 31.6 Å². The number of nitrogens with zero attached hydrogens (tertiary/aromatic N) is 1. The van der Waals surface area contributed by atoms with Gasteiger partial charge in [0.2, 0.25) is 0 Å². The Labute approximate surface area is 98.3 Å². The number of hydrogen-bond donors (Lipinski definition) is 0. The average molecular weight is 277 g/mol. The van der Waals surface area contributed by atoms with Crippen LogP contribution < -0.4 is 0 Å². The van der Waals surface area contributed by atoms with Crippen LogP contribution in [0.2, 0.25) is 0 Å². The second kappa shape index (κ2) is 5.46. The molecule has 18 heavy (non-hydrogen) atoms. The number of esters is 1. The van der Waals surface area contributed by atoms with E-state index >= 15 is 0 Å². The van der Waals surface area contributed by atoms with Crippen LogP contribution in [0.15, 0.2) is 0 Å². The third-order valence-corrected chi connectivity index (χ3v) is 2.29. The molecule has 0 aromatic carbocycles. The number of carbonyl (C=O) groups excluding carboxylic acids is 1. The molecular formula is C9H9F6NO2. The maximum Gasteiger partial charge on any atom is 0.413 e. The number of nitriles is 1. The fourth-order valence-corrected chi connectivity index (χ4v) is 1.25. The van der Waals surface area contributed by atoms with Crippen LogP contribution >= 0.6 is 0 Å². The third-order valence-electron chi connectivity index (χ3n) is 2.29. The van der Waals surface area contributed by atoms with E-state index < -0.39 is 43.2 Å². The summed E-state index contributed by atoms with van der Waals surface area (Å²) in [5.74, 6) is -2.43. The topological polar surface area (TPSA) is 50.1 Å². The van der Waals surface area contributed by atoms with E-state index in [9.17, 15) is 31.1 Å². The van der Waals surface area contributed by atoms with Gasteiger partial charge in [0.05, 0.1) is 12.5 Å². The highest BCUT2D eigenvalue weighted by Gasteiger charge is 2.75. The summed E-state index contributed by atoms with van der Waals surface area (Å²) in [6.07, 6.45) is -13.6. The molecular weight excluding hydrogens is 268 g/mol. The second-order valence-electron chi connectivity index (χ2n) is 3.30. The number of halogens is 6. The Kier molecular flexibility index (Phi) is 5.01. The van der Waals surface area contributed by atoms with Gasteiger partial charge in [0.25, 0.3) is 5.41 Å². The van der Waals surface area contributed by atoms with Gasteiger partial charge in [-0.25, -0.2) is 0 Å². The molecule has 0 heterocycles. The molecule has 0 N–H and O–H groups in total.